The number of rotatable bonds is 4. The number of hydrogen-bond acceptors (Lipinski definition) is 4. The number of likely N-dealkylation sites (N-methyl/N-ethyl adjacent to an activating group) is 1. The van der Waals surface area contributed by atoms with Crippen LogP contribution in [0.5, 0.6) is 0 Å². The lowest BCUT2D eigenvalue weighted by molar-refractivity contribution is -0.115. The van der Waals surface area contributed by atoms with E-state index in [9.17, 15) is 9.18 Å². The van der Waals surface area contributed by atoms with Crippen LogP contribution in [0.1, 0.15) is 6.92 Å². The van der Waals surface area contributed by atoms with Crippen LogP contribution >= 0.6 is 0 Å². The van der Waals surface area contributed by atoms with Gasteiger partial charge >= 0.3 is 0 Å². The van der Waals surface area contributed by atoms with Crippen LogP contribution in [0.15, 0.2) is 36.4 Å². The molecule has 1 aromatic carbocycles. The number of aromatic nitrogens is 2. The smallest absolute Gasteiger partial charge is 0.151 e. The average molecular weight is 259 g/mol. The molecule has 0 aliphatic heterocycles. The van der Waals surface area contributed by atoms with E-state index in [1.165, 1.54) is 19.1 Å². The van der Waals surface area contributed by atoms with Gasteiger partial charge in [-0.05, 0) is 43.3 Å². The highest BCUT2D eigenvalue weighted by molar-refractivity contribution is 5.80. The Morgan fingerprint density at radius 1 is 1.16 bits per heavy atom. The van der Waals surface area contributed by atoms with Crippen LogP contribution in [0.25, 0.3) is 11.3 Å². The molecule has 19 heavy (non-hydrogen) atoms. The molecule has 98 valence electrons. The predicted octanol–water partition coefficient (Wildman–Crippen LogP) is 2.31. The average Bonchev–Trinajstić information content (AvgIpc) is 2.39. The Morgan fingerprint density at radius 2 is 1.84 bits per heavy atom. The first-order chi connectivity index (χ1) is 9.06. The summed E-state index contributed by atoms with van der Waals surface area (Å²) in [6.07, 6.45) is 0. The Labute approximate surface area is 110 Å². The van der Waals surface area contributed by atoms with E-state index in [1.54, 1.807) is 36.2 Å². The fourth-order valence-electron chi connectivity index (χ4n) is 1.72. The number of carbonyl (C=O) groups is 1. The number of hydrogen-bond donors (Lipinski definition) is 0. The van der Waals surface area contributed by atoms with Gasteiger partial charge in [-0.25, -0.2) is 4.39 Å². The summed E-state index contributed by atoms with van der Waals surface area (Å²) in [5, 5.41) is 8.14. The number of benzene rings is 1. The van der Waals surface area contributed by atoms with Gasteiger partial charge in [-0.2, -0.15) is 0 Å². The fourth-order valence-corrected chi connectivity index (χ4v) is 1.72. The molecule has 0 N–H and O–H groups in total. The molecule has 0 radical (unpaired) electrons. The predicted molar refractivity (Wildman–Crippen MR) is 71.4 cm³/mol. The van der Waals surface area contributed by atoms with Gasteiger partial charge in [0.1, 0.15) is 11.6 Å². The second-order valence-corrected chi connectivity index (χ2v) is 4.34. The molecule has 0 aliphatic rings. The highest BCUT2D eigenvalue weighted by Crippen LogP contribution is 2.18. The first-order valence-electron chi connectivity index (χ1n) is 5.86. The summed E-state index contributed by atoms with van der Waals surface area (Å²) in [6.45, 7) is 1.82. The van der Waals surface area contributed by atoms with Crippen molar-refractivity contribution in [3.8, 4) is 11.3 Å². The van der Waals surface area contributed by atoms with E-state index >= 15 is 0 Å². The highest BCUT2D eigenvalue weighted by Gasteiger charge is 2.06. The minimum Gasteiger partial charge on any atom is -0.351 e. The molecule has 0 saturated heterocycles. The van der Waals surface area contributed by atoms with Crippen LogP contribution in [0.4, 0.5) is 10.2 Å². The Bertz CT molecular complexity index is 566. The molecule has 1 heterocycles. The van der Waals surface area contributed by atoms with Crippen molar-refractivity contribution in [3.63, 3.8) is 0 Å². The second kappa shape index (κ2) is 5.56. The van der Waals surface area contributed by atoms with Gasteiger partial charge in [0, 0.05) is 12.6 Å². The molecular formula is C14H14FN3O. The van der Waals surface area contributed by atoms with Crippen molar-refractivity contribution in [2.75, 3.05) is 18.5 Å². The maximum absolute atomic E-state index is 12.8. The molecule has 0 saturated carbocycles. The minimum absolute atomic E-state index is 0.0620. The first-order valence-corrected chi connectivity index (χ1v) is 5.86. The van der Waals surface area contributed by atoms with E-state index in [1.807, 2.05) is 0 Å². The van der Waals surface area contributed by atoms with Crippen LogP contribution in [0.2, 0.25) is 0 Å². The van der Waals surface area contributed by atoms with Crippen molar-refractivity contribution < 1.29 is 9.18 Å². The Kier molecular flexibility index (Phi) is 3.85. The largest absolute Gasteiger partial charge is 0.351 e. The van der Waals surface area contributed by atoms with Crippen LogP contribution in [-0.4, -0.2) is 29.6 Å². The summed E-state index contributed by atoms with van der Waals surface area (Å²) in [4.78, 5) is 12.7. The summed E-state index contributed by atoms with van der Waals surface area (Å²) in [5.74, 6) is 0.405. The molecular weight excluding hydrogens is 245 g/mol. The summed E-state index contributed by atoms with van der Waals surface area (Å²) in [5.41, 5.74) is 1.47. The molecule has 0 amide bonds. The number of ketones is 1. The van der Waals surface area contributed by atoms with Crippen LogP contribution < -0.4 is 4.90 Å². The molecule has 1 aromatic heterocycles. The zero-order valence-corrected chi connectivity index (χ0v) is 10.8. The molecule has 4 nitrogen and oxygen atoms in total. The standard InChI is InChI=1S/C14H14FN3O/c1-10(19)9-18(2)14-8-7-13(16-17-14)11-3-5-12(15)6-4-11/h3-8H,9H2,1-2H3. The summed E-state index contributed by atoms with van der Waals surface area (Å²) < 4.78 is 12.8. The molecule has 2 aromatic rings. The molecule has 0 unspecified atom stereocenters. The lowest BCUT2D eigenvalue weighted by atomic mass is 10.1. The van der Waals surface area contributed by atoms with Crippen molar-refractivity contribution in [1.82, 2.24) is 10.2 Å². The summed E-state index contributed by atoms with van der Waals surface area (Å²) in [6, 6.07) is 9.65. The molecule has 0 spiro atoms. The van der Waals surface area contributed by atoms with Crippen molar-refractivity contribution in [2.45, 2.75) is 6.92 Å². The second-order valence-electron chi connectivity index (χ2n) is 4.34. The SMILES string of the molecule is CC(=O)CN(C)c1ccc(-c2ccc(F)cc2)nn1. The number of carbonyl (C=O) groups excluding carboxylic acids is 1. The van der Waals surface area contributed by atoms with E-state index in [0.717, 1.165) is 5.56 Å². The van der Waals surface area contributed by atoms with E-state index in [0.29, 0.717) is 18.1 Å². The van der Waals surface area contributed by atoms with Crippen molar-refractivity contribution in [1.29, 1.82) is 0 Å². The van der Waals surface area contributed by atoms with Crippen LogP contribution in [-0.2, 0) is 4.79 Å². The lowest BCUT2D eigenvalue weighted by Crippen LogP contribution is -2.24. The quantitative estimate of drug-likeness (QED) is 0.845. The van der Waals surface area contributed by atoms with Crippen LogP contribution in [0, 0.1) is 5.82 Å². The molecule has 0 fully saturated rings. The third-order valence-corrected chi connectivity index (χ3v) is 2.64. The molecule has 0 aliphatic carbocycles. The monoisotopic (exact) mass is 259 g/mol. The maximum Gasteiger partial charge on any atom is 0.151 e. The van der Waals surface area contributed by atoms with Gasteiger partial charge in [0.05, 0.1) is 12.2 Å². The number of halogens is 1. The van der Waals surface area contributed by atoms with E-state index in [-0.39, 0.29) is 11.6 Å². The number of Topliss-reactive ketones (excluding diaryl/α,β-unsaturated/α-hetero) is 1. The van der Waals surface area contributed by atoms with Crippen molar-refractivity contribution >= 4 is 11.6 Å². The van der Waals surface area contributed by atoms with Gasteiger partial charge in [-0.1, -0.05) is 0 Å². The molecule has 0 atom stereocenters. The van der Waals surface area contributed by atoms with E-state index < -0.39 is 0 Å². The number of anilines is 1. The van der Waals surface area contributed by atoms with Gasteiger partial charge in [-0.3, -0.25) is 4.79 Å². The summed E-state index contributed by atoms with van der Waals surface area (Å²) in [7, 11) is 1.78. The number of nitrogens with zero attached hydrogens (tertiary/aromatic N) is 3. The van der Waals surface area contributed by atoms with Gasteiger partial charge in [0.25, 0.3) is 0 Å². The maximum atomic E-state index is 12.8. The van der Waals surface area contributed by atoms with Gasteiger partial charge in [0.15, 0.2) is 5.82 Å². The summed E-state index contributed by atoms with van der Waals surface area (Å²) >= 11 is 0. The van der Waals surface area contributed by atoms with Gasteiger partial charge in [-0.15, -0.1) is 10.2 Å². The fraction of sp³-hybridized carbons (Fsp3) is 0.214. The molecule has 0 bridgehead atoms. The zero-order valence-electron chi connectivity index (χ0n) is 10.8. The van der Waals surface area contributed by atoms with Gasteiger partial charge in [0.2, 0.25) is 0 Å². The van der Waals surface area contributed by atoms with Gasteiger partial charge < -0.3 is 4.90 Å². The molecule has 2 rings (SSSR count). The van der Waals surface area contributed by atoms with Crippen molar-refractivity contribution in [3.05, 3.63) is 42.2 Å². The van der Waals surface area contributed by atoms with E-state index in [2.05, 4.69) is 10.2 Å². The van der Waals surface area contributed by atoms with E-state index in [4.69, 9.17) is 0 Å². The first kappa shape index (κ1) is 13.1. The minimum atomic E-state index is -0.283. The van der Waals surface area contributed by atoms with Crippen molar-refractivity contribution in [2.24, 2.45) is 0 Å². The molecule has 5 heteroatoms. The highest BCUT2D eigenvalue weighted by atomic mass is 19.1. The lowest BCUT2D eigenvalue weighted by Gasteiger charge is -2.15. The normalized spacial score (nSPS) is 10.3. The van der Waals surface area contributed by atoms with Crippen LogP contribution in [0.3, 0.4) is 0 Å². The third kappa shape index (κ3) is 3.34. The topological polar surface area (TPSA) is 46.1 Å². The third-order valence-electron chi connectivity index (χ3n) is 2.64. The Balaban J connectivity index is 2.18. The zero-order chi connectivity index (χ0) is 13.8. The Hall–Kier alpha value is -2.30. The Morgan fingerprint density at radius 3 is 2.37 bits per heavy atom.